The van der Waals surface area contributed by atoms with E-state index in [1.54, 1.807) is 0 Å². The van der Waals surface area contributed by atoms with Gasteiger partial charge in [-0.1, -0.05) is 46.3 Å². The number of halogens is 1. The smallest absolute Gasteiger partial charge is 0.278 e. The highest BCUT2D eigenvalue weighted by molar-refractivity contribution is 9.10. The molecule has 1 amide bonds. The predicted octanol–water partition coefficient (Wildman–Crippen LogP) is 3.91. The number of carbonyl (C=O) groups is 1. The highest BCUT2D eigenvalue weighted by Gasteiger charge is 2.13. The molecule has 0 saturated carbocycles. The molecule has 0 fully saturated rings. The summed E-state index contributed by atoms with van der Waals surface area (Å²) in [7, 11) is 0. The minimum absolute atomic E-state index is 0.0920. The van der Waals surface area contributed by atoms with Gasteiger partial charge in [0.2, 0.25) is 5.91 Å². The van der Waals surface area contributed by atoms with Crippen molar-refractivity contribution in [3.8, 4) is 5.75 Å². The molecule has 3 aromatic rings. The van der Waals surface area contributed by atoms with Crippen molar-refractivity contribution in [2.75, 3.05) is 0 Å². The average molecular weight is 428 g/mol. The maximum Gasteiger partial charge on any atom is 0.278 e. The van der Waals surface area contributed by atoms with Crippen molar-refractivity contribution in [2.24, 2.45) is 5.10 Å². The van der Waals surface area contributed by atoms with Gasteiger partial charge in [0, 0.05) is 10.5 Å². The molecular formula is C19H14BrN3O4. The second-order valence-corrected chi connectivity index (χ2v) is 6.58. The molecule has 27 heavy (non-hydrogen) atoms. The van der Waals surface area contributed by atoms with Gasteiger partial charge in [0.25, 0.3) is 5.69 Å². The minimum atomic E-state index is -0.587. The molecule has 8 heteroatoms. The van der Waals surface area contributed by atoms with Crippen LogP contribution in [0.3, 0.4) is 0 Å². The highest BCUT2D eigenvalue weighted by Crippen LogP contribution is 2.27. The van der Waals surface area contributed by atoms with Gasteiger partial charge in [-0.15, -0.1) is 0 Å². The number of phenolic OH excluding ortho intramolecular Hbond substituents is 1. The van der Waals surface area contributed by atoms with Gasteiger partial charge in [-0.05, 0) is 34.5 Å². The van der Waals surface area contributed by atoms with Gasteiger partial charge in [0.05, 0.1) is 23.1 Å². The van der Waals surface area contributed by atoms with Crippen LogP contribution in [0.5, 0.6) is 5.75 Å². The Bertz CT molecular complexity index is 1070. The zero-order chi connectivity index (χ0) is 19.4. The molecule has 0 saturated heterocycles. The number of amides is 1. The van der Waals surface area contributed by atoms with E-state index in [9.17, 15) is 20.0 Å². The molecule has 0 atom stereocenters. The number of benzene rings is 3. The van der Waals surface area contributed by atoms with E-state index < -0.39 is 4.92 Å². The van der Waals surface area contributed by atoms with Gasteiger partial charge in [-0.2, -0.15) is 5.10 Å². The third kappa shape index (κ3) is 4.29. The van der Waals surface area contributed by atoms with E-state index in [0.717, 1.165) is 27.0 Å². The summed E-state index contributed by atoms with van der Waals surface area (Å²) in [5, 5.41) is 26.2. The maximum atomic E-state index is 12.2. The summed E-state index contributed by atoms with van der Waals surface area (Å²) < 4.78 is 0.941. The molecule has 0 aromatic heterocycles. The number of aromatic hydroxyl groups is 1. The lowest BCUT2D eigenvalue weighted by atomic mass is 10.0. The number of nitrogens with one attached hydrogen (secondary N) is 1. The molecule has 0 bridgehead atoms. The summed E-state index contributed by atoms with van der Waals surface area (Å²) in [6.07, 6.45) is 1.24. The molecule has 0 spiro atoms. The first-order valence-corrected chi connectivity index (χ1v) is 8.70. The summed E-state index contributed by atoms with van der Waals surface area (Å²) in [4.78, 5) is 22.6. The fourth-order valence-electron chi connectivity index (χ4n) is 2.68. The zero-order valence-electron chi connectivity index (χ0n) is 13.9. The van der Waals surface area contributed by atoms with Crippen molar-refractivity contribution in [3.05, 3.63) is 80.3 Å². The molecule has 0 aliphatic heterocycles. The number of nitrogens with zero attached hydrogens (tertiary/aromatic N) is 2. The summed E-state index contributed by atoms with van der Waals surface area (Å²) in [5.41, 5.74) is 3.07. The van der Waals surface area contributed by atoms with Crippen LogP contribution in [0.25, 0.3) is 10.8 Å². The lowest BCUT2D eigenvalue weighted by Crippen LogP contribution is -2.20. The number of carbonyl (C=O) groups excluding carboxylic acids is 1. The summed E-state index contributed by atoms with van der Waals surface area (Å²) >= 11 is 3.49. The van der Waals surface area contributed by atoms with Gasteiger partial charge >= 0.3 is 0 Å². The van der Waals surface area contributed by atoms with Crippen molar-refractivity contribution in [2.45, 2.75) is 6.42 Å². The Kier molecular flexibility index (Phi) is 5.46. The molecule has 0 aliphatic rings. The lowest BCUT2D eigenvalue weighted by Gasteiger charge is -2.07. The first-order chi connectivity index (χ1) is 13.0. The van der Waals surface area contributed by atoms with Crippen molar-refractivity contribution in [1.82, 2.24) is 5.43 Å². The largest absolute Gasteiger partial charge is 0.508 e. The molecule has 0 radical (unpaired) electrons. The molecule has 136 valence electrons. The summed E-state index contributed by atoms with van der Waals surface area (Å²) in [6, 6.07) is 15.0. The Morgan fingerprint density at radius 3 is 2.67 bits per heavy atom. The summed E-state index contributed by atoms with van der Waals surface area (Å²) in [5.74, 6) is -0.490. The Morgan fingerprint density at radius 2 is 1.93 bits per heavy atom. The van der Waals surface area contributed by atoms with Crippen molar-refractivity contribution >= 4 is 44.5 Å². The van der Waals surface area contributed by atoms with Gasteiger partial charge in [-0.25, -0.2) is 5.43 Å². The molecule has 7 nitrogen and oxygen atoms in total. The molecule has 3 rings (SSSR count). The SMILES string of the molecule is O=C(Cc1ccc(Br)c2ccccc12)N/N=C\c1cc(O)ccc1[N+](=O)[O-]. The number of fused-ring (bicyclic) bond motifs is 1. The number of hydrogen-bond donors (Lipinski definition) is 2. The van der Waals surface area contributed by atoms with Crippen LogP contribution in [0.4, 0.5) is 5.69 Å². The number of nitro benzene ring substituents is 1. The van der Waals surface area contributed by atoms with E-state index in [1.807, 2.05) is 36.4 Å². The van der Waals surface area contributed by atoms with E-state index in [0.29, 0.717) is 0 Å². The van der Waals surface area contributed by atoms with Crippen LogP contribution >= 0.6 is 15.9 Å². The number of nitro groups is 1. The fourth-order valence-corrected chi connectivity index (χ4v) is 3.15. The van der Waals surface area contributed by atoms with Crippen molar-refractivity contribution < 1.29 is 14.8 Å². The Labute approximate surface area is 162 Å². The van der Waals surface area contributed by atoms with Crippen molar-refractivity contribution in [1.29, 1.82) is 0 Å². The van der Waals surface area contributed by atoms with E-state index in [2.05, 4.69) is 26.5 Å². The van der Waals surface area contributed by atoms with Gasteiger partial charge in [0.15, 0.2) is 0 Å². The monoisotopic (exact) mass is 427 g/mol. The number of phenols is 1. The third-order valence-electron chi connectivity index (χ3n) is 3.91. The van der Waals surface area contributed by atoms with Gasteiger partial charge in [-0.3, -0.25) is 14.9 Å². The first kappa shape index (κ1) is 18.5. The quantitative estimate of drug-likeness (QED) is 0.365. The van der Waals surface area contributed by atoms with E-state index >= 15 is 0 Å². The Balaban J connectivity index is 1.75. The molecular weight excluding hydrogens is 414 g/mol. The van der Waals surface area contributed by atoms with E-state index in [4.69, 9.17) is 0 Å². The van der Waals surface area contributed by atoms with Crippen LogP contribution in [0.1, 0.15) is 11.1 Å². The first-order valence-electron chi connectivity index (χ1n) is 7.91. The third-order valence-corrected chi connectivity index (χ3v) is 4.60. The molecule has 0 aliphatic carbocycles. The van der Waals surface area contributed by atoms with Crippen LogP contribution in [-0.4, -0.2) is 22.2 Å². The van der Waals surface area contributed by atoms with Gasteiger partial charge in [0.1, 0.15) is 5.75 Å². The average Bonchev–Trinajstić information content (AvgIpc) is 2.64. The zero-order valence-corrected chi connectivity index (χ0v) is 15.5. The molecule has 0 heterocycles. The maximum absolute atomic E-state index is 12.2. The minimum Gasteiger partial charge on any atom is -0.508 e. The van der Waals surface area contributed by atoms with E-state index in [1.165, 1.54) is 18.2 Å². The predicted molar refractivity (Wildman–Crippen MR) is 106 cm³/mol. The second-order valence-electron chi connectivity index (χ2n) is 5.72. The standard InChI is InChI=1S/C19H14BrN3O4/c20-17-7-5-12(15-3-1-2-4-16(15)17)10-19(25)22-21-11-13-9-14(24)6-8-18(13)23(26)27/h1-9,11,24H,10H2,(H,22,25)/b21-11-. The topological polar surface area (TPSA) is 105 Å². The molecule has 2 N–H and O–H groups in total. The Hall–Kier alpha value is -3.26. The molecule has 0 unspecified atom stereocenters. The van der Waals surface area contributed by atoms with Crippen LogP contribution in [0.15, 0.2) is 64.2 Å². The number of hydrazone groups is 1. The summed E-state index contributed by atoms with van der Waals surface area (Å²) in [6.45, 7) is 0. The van der Waals surface area contributed by atoms with Crippen LogP contribution < -0.4 is 5.43 Å². The normalized spacial score (nSPS) is 11.0. The van der Waals surface area contributed by atoms with Gasteiger partial charge < -0.3 is 5.11 Å². The van der Waals surface area contributed by atoms with Crippen LogP contribution in [0.2, 0.25) is 0 Å². The lowest BCUT2D eigenvalue weighted by molar-refractivity contribution is -0.385. The Morgan fingerprint density at radius 1 is 1.19 bits per heavy atom. The molecule has 3 aromatic carbocycles. The number of rotatable bonds is 5. The second kappa shape index (κ2) is 7.96. The highest BCUT2D eigenvalue weighted by atomic mass is 79.9. The van der Waals surface area contributed by atoms with Crippen LogP contribution in [0, 0.1) is 10.1 Å². The van der Waals surface area contributed by atoms with Crippen LogP contribution in [-0.2, 0) is 11.2 Å². The van der Waals surface area contributed by atoms with Crippen molar-refractivity contribution in [3.63, 3.8) is 0 Å². The van der Waals surface area contributed by atoms with E-state index in [-0.39, 0.29) is 29.3 Å². The fraction of sp³-hybridized carbons (Fsp3) is 0.0526. The number of hydrogen-bond acceptors (Lipinski definition) is 5.